The summed E-state index contributed by atoms with van der Waals surface area (Å²) in [4.78, 5) is 5.67. The number of rotatable bonds is 1. The van der Waals surface area contributed by atoms with Crippen LogP contribution in [0.5, 0.6) is 0 Å². The van der Waals surface area contributed by atoms with Gasteiger partial charge in [0.2, 0.25) is 0 Å². The maximum atomic E-state index is 5.67. The highest BCUT2D eigenvalue weighted by Gasteiger charge is 2.51. The molecule has 0 amide bonds. The van der Waals surface area contributed by atoms with Crippen molar-refractivity contribution in [2.45, 2.75) is 31.2 Å². The Morgan fingerprint density at radius 1 is 1.31 bits per heavy atom. The highest BCUT2D eigenvalue weighted by Crippen LogP contribution is 2.48. The van der Waals surface area contributed by atoms with Crippen molar-refractivity contribution in [1.82, 2.24) is 5.06 Å². The molecular formula is C14H19NO. The molecule has 2 nitrogen and oxygen atoms in total. The van der Waals surface area contributed by atoms with Crippen LogP contribution in [0, 0.1) is 5.92 Å². The van der Waals surface area contributed by atoms with Crippen LogP contribution in [0.3, 0.4) is 0 Å². The standard InChI is InChI=1S/C14H19NO/c1-14(12-6-4-3-5-7-12)9-8-11-10-16-15(2)13(11)14/h3-7,11,13H,8-10H2,1-2H3/t11-,13+,14-/m0/s1. The summed E-state index contributed by atoms with van der Waals surface area (Å²) in [6.45, 7) is 3.29. The Labute approximate surface area is 97.2 Å². The fourth-order valence-electron chi connectivity index (χ4n) is 3.61. The number of hydrogen-bond donors (Lipinski definition) is 0. The van der Waals surface area contributed by atoms with Crippen LogP contribution in [0.1, 0.15) is 25.3 Å². The van der Waals surface area contributed by atoms with Gasteiger partial charge in [0.15, 0.2) is 0 Å². The molecule has 16 heavy (non-hydrogen) atoms. The van der Waals surface area contributed by atoms with Gasteiger partial charge in [0.1, 0.15) is 0 Å². The van der Waals surface area contributed by atoms with Crippen LogP contribution in [0.15, 0.2) is 30.3 Å². The van der Waals surface area contributed by atoms with Crippen molar-refractivity contribution in [3.63, 3.8) is 0 Å². The molecule has 0 bridgehead atoms. The van der Waals surface area contributed by atoms with Gasteiger partial charge in [-0.3, -0.25) is 4.84 Å². The van der Waals surface area contributed by atoms with Crippen LogP contribution < -0.4 is 0 Å². The van der Waals surface area contributed by atoms with Crippen molar-refractivity contribution in [3.05, 3.63) is 35.9 Å². The fraction of sp³-hybridized carbons (Fsp3) is 0.571. The molecule has 1 heterocycles. The Kier molecular flexibility index (Phi) is 2.30. The summed E-state index contributed by atoms with van der Waals surface area (Å²) in [6, 6.07) is 11.4. The summed E-state index contributed by atoms with van der Waals surface area (Å²) in [5.74, 6) is 0.718. The van der Waals surface area contributed by atoms with Crippen molar-refractivity contribution in [2.75, 3.05) is 13.7 Å². The average Bonchev–Trinajstić information content (AvgIpc) is 2.84. The number of fused-ring (bicyclic) bond motifs is 1. The van der Waals surface area contributed by atoms with E-state index >= 15 is 0 Å². The maximum absolute atomic E-state index is 5.67. The first-order chi connectivity index (χ1) is 7.72. The lowest BCUT2D eigenvalue weighted by atomic mass is 9.76. The SMILES string of the molecule is CN1OC[C@@H]2CC[C@@](C)(c3ccccc3)[C@@H]21. The lowest BCUT2D eigenvalue weighted by Crippen LogP contribution is -2.42. The highest BCUT2D eigenvalue weighted by atomic mass is 16.7. The van der Waals surface area contributed by atoms with Crippen molar-refractivity contribution in [1.29, 1.82) is 0 Å². The summed E-state index contributed by atoms with van der Waals surface area (Å²) in [5, 5.41) is 2.09. The Morgan fingerprint density at radius 2 is 2.06 bits per heavy atom. The van der Waals surface area contributed by atoms with Crippen LogP contribution >= 0.6 is 0 Å². The summed E-state index contributed by atoms with van der Waals surface area (Å²) >= 11 is 0. The largest absolute Gasteiger partial charge is 0.299 e. The normalized spacial score (nSPS) is 38.9. The zero-order valence-corrected chi connectivity index (χ0v) is 10.0. The second kappa shape index (κ2) is 3.57. The van der Waals surface area contributed by atoms with Crippen molar-refractivity contribution in [2.24, 2.45) is 5.92 Å². The van der Waals surface area contributed by atoms with Crippen molar-refractivity contribution >= 4 is 0 Å². The number of likely N-dealkylation sites (N-methyl/N-ethyl adjacent to an activating group) is 1. The molecule has 0 spiro atoms. The van der Waals surface area contributed by atoms with Gasteiger partial charge in [-0.05, 0) is 18.4 Å². The van der Waals surface area contributed by atoms with E-state index in [4.69, 9.17) is 4.84 Å². The van der Waals surface area contributed by atoms with Gasteiger partial charge in [-0.15, -0.1) is 0 Å². The lowest BCUT2D eigenvalue weighted by Gasteiger charge is -2.34. The summed E-state index contributed by atoms with van der Waals surface area (Å²) < 4.78 is 0. The molecule has 1 aliphatic heterocycles. The van der Waals surface area contributed by atoms with Gasteiger partial charge in [0.05, 0.1) is 6.61 Å². The van der Waals surface area contributed by atoms with Gasteiger partial charge >= 0.3 is 0 Å². The third-order valence-electron chi connectivity index (χ3n) is 4.45. The van der Waals surface area contributed by atoms with Crippen LogP contribution in [0.2, 0.25) is 0 Å². The minimum Gasteiger partial charge on any atom is -0.299 e. The molecule has 1 aromatic rings. The molecule has 1 saturated heterocycles. The van der Waals surface area contributed by atoms with Gasteiger partial charge in [-0.2, -0.15) is 5.06 Å². The molecule has 0 radical (unpaired) electrons. The molecule has 2 aliphatic rings. The highest BCUT2D eigenvalue weighted by molar-refractivity contribution is 5.29. The van der Waals surface area contributed by atoms with E-state index in [9.17, 15) is 0 Å². The van der Waals surface area contributed by atoms with E-state index < -0.39 is 0 Å². The van der Waals surface area contributed by atoms with Crippen LogP contribution in [0.4, 0.5) is 0 Å². The second-order valence-corrected chi connectivity index (χ2v) is 5.37. The predicted octanol–water partition coefficient (Wildman–Crippen LogP) is 2.60. The first kappa shape index (κ1) is 10.3. The summed E-state index contributed by atoms with van der Waals surface area (Å²) in [7, 11) is 2.08. The van der Waals surface area contributed by atoms with E-state index in [1.807, 2.05) is 0 Å². The van der Waals surface area contributed by atoms with E-state index in [0.29, 0.717) is 6.04 Å². The van der Waals surface area contributed by atoms with E-state index in [0.717, 1.165) is 12.5 Å². The lowest BCUT2D eigenvalue weighted by molar-refractivity contribution is -0.122. The molecule has 0 unspecified atom stereocenters. The molecular weight excluding hydrogens is 198 g/mol. The molecule has 3 atom stereocenters. The van der Waals surface area contributed by atoms with Gasteiger partial charge in [0.25, 0.3) is 0 Å². The smallest absolute Gasteiger partial charge is 0.0729 e. The number of hydroxylamine groups is 2. The summed E-state index contributed by atoms with van der Waals surface area (Å²) in [6.07, 6.45) is 2.57. The Hall–Kier alpha value is -0.860. The Morgan fingerprint density at radius 3 is 2.81 bits per heavy atom. The molecule has 1 aromatic carbocycles. The number of nitrogens with zero attached hydrogens (tertiary/aromatic N) is 1. The number of hydrogen-bond acceptors (Lipinski definition) is 2. The minimum atomic E-state index is 0.261. The van der Waals surface area contributed by atoms with E-state index in [-0.39, 0.29) is 5.41 Å². The molecule has 0 aromatic heterocycles. The maximum Gasteiger partial charge on any atom is 0.0729 e. The van der Waals surface area contributed by atoms with E-state index in [1.165, 1.54) is 18.4 Å². The molecule has 1 aliphatic carbocycles. The number of benzene rings is 1. The van der Waals surface area contributed by atoms with Gasteiger partial charge in [-0.1, -0.05) is 37.3 Å². The average molecular weight is 217 g/mol. The summed E-state index contributed by atoms with van der Waals surface area (Å²) in [5.41, 5.74) is 1.72. The van der Waals surface area contributed by atoms with E-state index in [1.54, 1.807) is 0 Å². The Bertz CT molecular complexity index is 378. The molecule has 3 rings (SSSR count). The van der Waals surface area contributed by atoms with Crippen LogP contribution in [-0.4, -0.2) is 24.8 Å². The van der Waals surface area contributed by atoms with Gasteiger partial charge < -0.3 is 0 Å². The fourth-order valence-corrected chi connectivity index (χ4v) is 3.61. The zero-order chi connectivity index (χ0) is 11.2. The molecule has 0 N–H and O–H groups in total. The topological polar surface area (TPSA) is 12.5 Å². The quantitative estimate of drug-likeness (QED) is 0.717. The Balaban J connectivity index is 1.99. The predicted molar refractivity (Wildman–Crippen MR) is 64.0 cm³/mol. The second-order valence-electron chi connectivity index (χ2n) is 5.37. The molecule has 2 heteroatoms. The molecule has 1 saturated carbocycles. The first-order valence-corrected chi connectivity index (χ1v) is 6.13. The van der Waals surface area contributed by atoms with Crippen molar-refractivity contribution in [3.8, 4) is 0 Å². The minimum absolute atomic E-state index is 0.261. The third kappa shape index (κ3) is 1.33. The molecule has 86 valence electrons. The van der Waals surface area contributed by atoms with Crippen LogP contribution in [0.25, 0.3) is 0 Å². The van der Waals surface area contributed by atoms with Gasteiger partial charge in [-0.25, -0.2) is 0 Å². The first-order valence-electron chi connectivity index (χ1n) is 6.13. The van der Waals surface area contributed by atoms with E-state index in [2.05, 4.69) is 49.4 Å². The van der Waals surface area contributed by atoms with Crippen LogP contribution in [-0.2, 0) is 10.3 Å². The van der Waals surface area contributed by atoms with Gasteiger partial charge in [0, 0.05) is 24.4 Å². The molecule has 2 fully saturated rings. The monoisotopic (exact) mass is 217 g/mol. The zero-order valence-electron chi connectivity index (χ0n) is 10.0. The third-order valence-corrected chi connectivity index (χ3v) is 4.45. The van der Waals surface area contributed by atoms with Crippen molar-refractivity contribution < 1.29 is 4.84 Å².